The minimum atomic E-state index is -0.0949. The first-order chi connectivity index (χ1) is 14.0. The van der Waals surface area contributed by atoms with Gasteiger partial charge in [-0.15, -0.1) is 0 Å². The number of aromatic nitrogens is 1. The van der Waals surface area contributed by atoms with Crippen molar-refractivity contribution in [3.05, 3.63) is 77.4 Å². The van der Waals surface area contributed by atoms with Crippen molar-refractivity contribution in [2.24, 2.45) is 0 Å². The third-order valence-electron chi connectivity index (χ3n) is 5.37. The second kappa shape index (κ2) is 7.55. The molecule has 0 fully saturated rings. The van der Waals surface area contributed by atoms with Crippen LogP contribution in [0.3, 0.4) is 0 Å². The topological polar surface area (TPSA) is 59.3 Å². The van der Waals surface area contributed by atoms with Gasteiger partial charge in [-0.2, -0.15) is 0 Å². The number of phenolic OH excluding ortho intramolecular Hbond substituents is 1. The second-order valence-corrected chi connectivity index (χ2v) is 7.26. The van der Waals surface area contributed by atoms with Crippen LogP contribution < -0.4 is 0 Å². The van der Waals surface area contributed by atoms with Crippen LogP contribution in [0.4, 0.5) is 0 Å². The number of benzene rings is 3. The molecule has 0 aliphatic rings. The summed E-state index contributed by atoms with van der Waals surface area (Å²) in [6.07, 6.45) is 1.35. The zero-order valence-corrected chi connectivity index (χ0v) is 16.6. The Kier molecular flexibility index (Phi) is 4.93. The standard InChI is InChI=1S/C25H23NO3/c1-3-5-24(28)17-8-12-22-20(14-17)21-15-18(9-13-23(21)26(22)4-2)25(29)16-6-10-19(27)11-7-16/h6-15,27H,3-5H2,1-2H3. The molecular formula is C25H23NO3. The first-order valence-electron chi connectivity index (χ1n) is 9.96. The van der Waals surface area contributed by atoms with Crippen molar-refractivity contribution in [2.45, 2.75) is 33.2 Å². The highest BCUT2D eigenvalue weighted by Crippen LogP contribution is 2.31. The minimum absolute atomic E-state index is 0.0949. The predicted octanol–water partition coefficient (Wildman–Crippen LogP) is 5.73. The van der Waals surface area contributed by atoms with Gasteiger partial charge in [0, 0.05) is 51.5 Å². The van der Waals surface area contributed by atoms with Gasteiger partial charge in [0.1, 0.15) is 5.75 Å². The predicted molar refractivity (Wildman–Crippen MR) is 116 cm³/mol. The third kappa shape index (κ3) is 3.31. The highest BCUT2D eigenvalue weighted by atomic mass is 16.3. The number of Topliss-reactive ketones (excluding diaryl/α,β-unsaturated/α-hetero) is 1. The number of nitrogens with zero attached hydrogens (tertiary/aromatic N) is 1. The van der Waals surface area contributed by atoms with Crippen LogP contribution in [0.5, 0.6) is 5.75 Å². The molecule has 0 unspecified atom stereocenters. The van der Waals surface area contributed by atoms with Crippen molar-refractivity contribution in [1.29, 1.82) is 0 Å². The van der Waals surface area contributed by atoms with Gasteiger partial charge in [-0.05, 0) is 74.0 Å². The molecule has 0 atom stereocenters. The normalized spacial score (nSPS) is 11.2. The Morgan fingerprint density at radius 3 is 1.93 bits per heavy atom. The number of hydrogen-bond acceptors (Lipinski definition) is 3. The van der Waals surface area contributed by atoms with E-state index in [1.54, 1.807) is 12.1 Å². The number of ketones is 2. The molecule has 0 aliphatic heterocycles. The fourth-order valence-electron chi connectivity index (χ4n) is 3.91. The van der Waals surface area contributed by atoms with Gasteiger partial charge in [0.05, 0.1) is 0 Å². The number of aryl methyl sites for hydroxylation is 1. The van der Waals surface area contributed by atoms with Crippen molar-refractivity contribution in [3.63, 3.8) is 0 Å². The van der Waals surface area contributed by atoms with Gasteiger partial charge in [-0.3, -0.25) is 9.59 Å². The van der Waals surface area contributed by atoms with Gasteiger partial charge >= 0.3 is 0 Å². The summed E-state index contributed by atoms with van der Waals surface area (Å²) in [4.78, 5) is 25.3. The lowest BCUT2D eigenvalue weighted by atomic mass is 10.00. The van der Waals surface area contributed by atoms with Crippen LogP contribution in [0.15, 0.2) is 60.7 Å². The number of rotatable bonds is 6. The van der Waals surface area contributed by atoms with E-state index < -0.39 is 0 Å². The largest absolute Gasteiger partial charge is 0.508 e. The van der Waals surface area contributed by atoms with Crippen molar-refractivity contribution >= 4 is 33.4 Å². The lowest BCUT2D eigenvalue weighted by Gasteiger charge is -2.05. The third-order valence-corrected chi connectivity index (χ3v) is 5.37. The summed E-state index contributed by atoms with van der Waals surface area (Å²) >= 11 is 0. The van der Waals surface area contributed by atoms with E-state index in [4.69, 9.17) is 0 Å². The zero-order chi connectivity index (χ0) is 20.5. The Balaban J connectivity index is 1.88. The Morgan fingerprint density at radius 2 is 1.34 bits per heavy atom. The summed E-state index contributed by atoms with van der Waals surface area (Å²) in [6, 6.07) is 17.9. The molecule has 4 heteroatoms. The molecule has 4 nitrogen and oxygen atoms in total. The highest BCUT2D eigenvalue weighted by Gasteiger charge is 2.16. The van der Waals surface area contributed by atoms with E-state index in [0.29, 0.717) is 23.1 Å². The van der Waals surface area contributed by atoms with Crippen LogP contribution in [0.2, 0.25) is 0 Å². The van der Waals surface area contributed by atoms with Gasteiger partial charge in [-0.1, -0.05) is 6.92 Å². The Bertz CT molecular complexity index is 1230. The lowest BCUT2D eigenvalue weighted by molar-refractivity contribution is 0.0980. The first-order valence-corrected chi connectivity index (χ1v) is 9.96. The fraction of sp³-hybridized carbons (Fsp3) is 0.200. The van der Waals surface area contributed by atoms with Gasteiger partial charge < -0.3 is 9.67 Å². The van der Waals surface area contributed by atoms with E-state index in [0.717, 1.165) is 34.8 Å². The molecular weight excluding hydrogens is 362 g/mol. The van der Waals surface area contributed by atoms with Crippen LogP contribution >= 0.6 is 0 Å². The molecule has 1 heterocycles. The van der Waals surface area contributed by atoms with E-state index in [-0.39, 0.29) is 17.3 Å². The van der Waals surface area contributed by atoms with Crippen molar-refractivity contribution in [1.82, 2.24) is 4.57 Å². The molecule has 0 saturated heterocycles. The number of fused-ring (bicyclic) bond motifs is 3. The smallest absolute Gasteiger partial charge is 0.193 e. The second-order valence-electron chi connectivity index (χ2n) is 7.26. The summed E-state index contributed by atoms with van der Waals surface area (Å²) in [5, 5.41) is 11.4. The molecule has 0 radical (unpaired) electrons. The number of hydrogen-bond donors (Lipinski definition) is 1. The molecule has 4 rings (SSSR count). The van der Waals surface area contributed by atoms with Gasteiger partial charge in [0.2, 0.25) is 0 Å². The van der Waals surface area contributed by atoms with Crippen molar-refractivity contribution in [2.75, 3.05) is 0 Å². The summed E-state index contributed by atoms with van der Waals surface area (Å²) in [5.41, 5.74) is 3.93. The van der Waals surface area contributed by atoms with Crippen LogP contribution in [0.25, 0.3) is 21.8 Å². The molecule has 1 N–H and O–H groups in total. The first kappa shape index (κ1) is 18.9. The summed E-state index contributed by atoms with van der Waals surface area (Å²) in [6.45, 7) is 4.89. The number of carbonyl (C=O) groups is 2. The monoisotopic (exact) mass is 385 g/mol. The maximum absolute atomic E-state index is 12.9. The van der Waals surface area contributed by atoms with Gasteiger partial charge in [0.25, 0.3) is 0 Å². The lowest BCUT2D eigenvalue weighted by Crippen LogP contribution is -2.01. The van der Waals surface area contributed by atoms with E-state index in [9.17, 15) is 14.7 Å². The van der Waals surface area contributed by atoms with Gasteiger partial charge in [-0.25, -0.2) is 0 Å². The van der Waals surface area contributed by atoms with E-state index in [1.165, 1.54) is 12.1 Å². The molecule has 0 spiro atoms. The maximum Gasteiger partial charge on any atom is 0.193 e. The molecule has 29 heavy (non-hydrogen) atoms. The minimum Gasteiger partial charge on any atom is -0.508 e. The molecule has 146 valence electrons. The van der Waals surface area contributed by atoms with E-state index in [1.807, 2.05) is 43.3 Å². The Morgan fingerprint density at radius 1 is 0.793 bits per heavy atom. The SMILES string of the molecule is CCCC(=O)c1ccc2c(c1)c1cc(C(=O)c3ccc(O)cc3)ccc1n2CC. The van der Waals surface area contributed by atoms with Gasteiger partial charge in [0.15, 0.2) is 11.6 Å². The summed E-state index contributed by atoms with van der Waals surface area (Å²) < 4.78 is 2.20. The fourth-order valence-corrected chi connectivity index (χ4v) is 3.91. The molecule has 0 saturated carbocycles. The summed E-state index contributed by atoms with van der Waals surface area (Å²) in [5.74, 6) is 0.179. The van der Waals surface area contributed by atoms with Crippen molar-refractivity contribution in [3.8, 4) is 5.75 Å². The molecule has 3 aromatic carbocycles. The number of carbonyl (C=O) groups excluding carboxylic acids is 2. The van der Waals surface area contributed by atoms with Crippen LogP contribution in [0, 0.1) is 0 Å². The summed E-state index contributed by atoms with van der Waals surface area (Å²) in [7, 11) is 0. The van der Waals surface area contributed by atoms with Crippen LogP contribution in [0.1, 0.15) is 53.0 Å². The van der Waals surface area contributed by atoms with E-state index >= 15 is 0 Å². The average molecular weight is 385 g/mol. The number of aromatic hydroxyl groups is 1. The van der Waals surface area contributed by atoms with Crippen LogP contribution in [-0.4, -0.2) is 21.2 Å². The molecule has 4 aromatic rings. The molecule has 0 bridgehead atoms. The molecule has 0 aliphatic carbocycles. The Hall–Kier alpha value is -3.40. The average Bonchev–Trinajstić information content (AvgIpc) is 3.06. The van der Waals surface area contributed by atoms with Crippen molar-refractivity contribution < 1.29 is 14.7 Å². The zero-order valence-electron chi connectivity index (χ0n) is 16.6. The quantitative estimate of drug-likeness (QED) is 0.431. The Labute approximate surface area is 169 Å². The highest BCUT2D eigenvalue weighted by molar-refractivity contribution is 6.15. The van der Waals surface area contributed by atoms with Crippen LogP contribution in [-0.2, 0) is 6.54 Å². The molecule has 1 aromatic heterocycles. The maximum atomic E-state index is 12.9. The van der Waals surface area contributed by atoms with E-state index in [2.05, 4.69) is 11.5 Å². The number of phenols is 1. The molecule has 0 amide bonds.